The van der Waals surface area contributed by atoms with Gasteiger partial charge in [-0.2, -0.15) is 0 Å². The van der Waals surface area contributed by atoms with E-state index in [0.717, 1.165) is 25.3 Å². The van der Waals surface area contributed by atoms with Crippen LogP contribution < -0.4 is 14.8 Å². The van der Waals surface area contributed by atoms with Gasteiger partial charge >= 0.3 is 0 Å². The number of carbonyl (C=O) groups excluding carboxylic acids is 1. The Balaban J connectivity index is 1.66. The van der Waals surface area contributed by atoms with Crippen LogP contribution in [0.25, 0.3) is 0 Å². The minimum atomic E-state index is 0.0272. The molecule has 0 saturated carbocycles. The SMILES string of the molecule is CN(CC1CCCCN1)C(=O)c1ccc2c(c1)OCCO2. The van der Waals surface area contributed by atoms with Gasteiger partial charge in [-0.15, -0.1) is 0 Å². The van der Waals surface area contributed by atoms with Crippen LogP contribution in [0.15, 0.2) is 18.2 Å². The molecule has 1 fully saturated rings. The Labute approximate surface area is 125 Å². The zero-order chi connectivity index (χ0) is 14.7. The number of carbonyl (C=O) groups is 1. The molecule has 5 nitrogen and oxygen atoms in total. The van der Waals surface area contributed by atoms with E-state index in [1.165, 1.54) is 12.8 Å². The Morgan fingerprint density at radius 3 is 2.86 bits per heavy atom. The highest BCUT2D eigenvalue weighted by molar-refractivity contribution is 5.94. The van der Waals surface area contributed by atoms with E-state index < -0.39 is 0 Å². The van der Waals surface area contributed by atoms with Crippen LogP contribution >= 0.6 is 0 Å². The molecular formula is C16H22N2O3. The van der Waals surface area contributed by atoms with Crippen molar-refractivity contribution in [2.45, 2.75) is 25.3 Å². The number of nitrogens with zero attached hydrogens (tertiary/aromatic N) is 1. The summed E-state index contributed by atoms with van der Waals surface area (Å²) in [6.07, 6.45) is 3.61. The van der Waals surface area contributed by atoms with E-state index in [1.807, 2.05) is 13.1 Å². The van der Waals surface area contributed by atoms with Crippen molar-refractivity contribution in [2.75, 3.05) is 33.4 Å². The standard InChI is InChI=1S/C16H22N2O3/c1-18(11-13-4-2-3-7-17-13)16(19)12-5-6-14-15(10-12)21-9-8-20-14/h5-6,10,13,17H,2-4,7-9,11H2,1H3. The maximum Gasteiger partial charge on any atom is 0.253 e. The Bertz CT molecular complexity index is 512. The van der Waals surface area contributed by atoms with Gasteiger partial charge in [-0.25, -0.2) is 0 Å². The molecule has 2 aliphatic heterocycles. The third-order valence-corrected chi connectivity index (χ3v) is 4.04. The smallest absolute Gasteiger partial charge is 0.253 e. The van der Waals surface area contributed by atoms with E-state index >= 15 is 0 Å². The molecule has 5 heteroatoms. The third-order valence-electron chi connectivity index (χ3n) is 4.04. The summed E-state index contributed by atoms with van der Waals surface area (Å²) < 4.78 is 11.0. The third kappa shape index (κ3) is 3.29. The van der Waals surface area contributed by atoms with E-state index in [-0.39, 0.29) is 5.91 Å². The molecular weight excluding hydrogens is 268 g/mol. The van der Waals surface area contributed by atoms with Crippen molar-refractivity contribution >= 4 is 5.91 Å². The lowest BCUT2D eigenvalue weighted by atomic mass is 10.0. The zero-order valence-electron chi connectivity index (χ0n) is 12.4. The van der Waals surface area contributed by atoms with E-state index in [1.54, 1.807) is 17.0 Å². The molecule has 1 atom stereocenters. The van der Waals surface area contributed by atoms with Crippen molar-refractivity contribution in [3.63, 3.8) is 0 Å². The molecule has 0 aromatic heterocycles. The van der Waals surface area contributed by atoms with Crippen LogP contribution in [0.4, 0.5) is 0 Å². The van der Waals surface area contributed by atoms with Crippen LogP contribution in [0.3, 0.4) is 0 Å². The fourth-order valence-electron chi connectivity index (χ4n) is 2.89. The highest BCUT2D eigenvalue weighted by Crippen LogP contribution is 2.31. The molecule has 0 radical (unpaired) electrons. The maximum absolute atomic E-state index is 12.5. The van der Waals surface area contributed by atoms with Gasteiger partial charge in [0.25, 0.3) is 5.91 Å². The lowest BCUT2D eigenvalue weighted by molar-refractivity contribution is 0.0774. The van der Waals surface area contributed by atoms with Crippen molar-refractivity contribution < 1.29 is 14.3 Å². The number of fused-ring (bicyclic) bond motifs is 1. The fourth-order valence-corrected chi connectivity index (χ4v) is 2.89. The van der Waals surface area contributed by atoms with Crippen molar-refractivity contribution in [3.8, 4) is 11.5 Å². The first-order chi connectivity index (χ1) is 10.2. The molecule has 1 aromatic carbocycles. The average molecular weight is 290 g/mol. The number of likely N-dealkylation sites (N-methyl/N-ethyl adjacent to an activating group) is 1. The van der Waals surface area contributed by atoms with Crippen molar-refractivity contribution in [3.05, 3.63) is 23.8 Å². The largest absolute Gasteiger partial charge is 0.486 e. The molecule has 21 heavy (non-hydrogen) atoms. The summed E-state index contributed by atoms with van der Waals surface area (Å²) >= 11 is 0. The van der Waals surface area contributed by atoms with Crippen molar-refractivity contribution in [2.24, 2.45) is 0 Å². The number of hydrogen-bond acceptors (Lipinski definition) is 4. The van der Waals surface area contributed by atoms with Gasteiger partial charge in [0.05, 0.1) is 0 Å². The Kier molecular flexibility index (Phi) is 4.29. The second-order valence-electron chi connectivity index (χ2n) is 5.69. The van der Waals surface area contributed by atoms with E-state index in [2.05, 4.69) is 5.32 Å². The summed E-state index contributed by atoms with van der Waals surface area (Å²) in [5.41, 5.74) is 0.651. The minimum absolute atomic E-state index is 0.0272. The average Bonchev–Trinajstić information content (AvgIpc) is 2.54. The monoisotopic (exact) mass is 290 g/mol. The number of nitrogens with one attached hydrogen (secondary N) is 1. The summed E-state index contributed by atoms with van der Waals surface area (Å²) in [4.78, 5) is 14.3. The molecule has 2 heterocycles. The Morgan fingerprint density at radius 1 is 1.29 bits per heavy atom. The van der Waals surface area contributed by atoms with E-state index in [4.69, 9.17) is 9.47 Å². The van der Waals surface area contributed by atoms with Gasteiger partial charge in [-0.3, -0.25) is 4.79 Å². The maximum atomic E-state index is 12.5. The quantitative estimate of drug-likeness (QED) is 0.920. The van der Waals surface area contributed by atoms with Gasteiger partial charge in [-0.05, 0) is 37.6 Å². The van der Waals surface area contributed by atoms with Crippen LogP contribution in [0.5, 0.6) is 11.5 Å². The normalized spacial score (nSPS) is 20.9. The molecule has 0 bridgehead atoms. The summed E-state index contributed by atoms with van der Waals surface area (Å²) in [5.74, 6) is 1.41. The van der Waals surface area contributed by atoms with E-state index in [9.17, 15) is 4.79 Å². The second kappa shape index (κ2) is 6.35. The van der Waals surface area contributed by atoms with Gasteiger partial charge < -0.3 is 19.7 Å². The highest BCUT2D eigenvalue weighted by Gasteiger charge is 2.20. The summed E-state index contributed by atoms with van der Waals surface area (Å²) in [7, 11) is 1.86. The zero-order valence-corrected chi connectivity index (χ0v) is 12.4. The highest BCUT2D eigenvalue weighted by atomic mass is 16.6. The number of amides is 1. The number of rotatable bonds is 3. The van der Waals surface area contributed by atoms with Crippen molar-refractivity contribution in [1.82, 2.24) is 10.2 Å². The Hall–Kier alpha value is -1.75. The first-order valence-corrected chi connectivity index (χ1v) is 7.62. The van der Waals surface area contributed by atoms with Crippen LogP contribution in [0, 0.1) is 0 Å². The van der Waals surface area contributed by atoms with Crippen molar-refractivity contribution in [1.29, 1.82) is 0 Å². The summed E-state index contributed by atoms with van der Waals surface area (Å²) in [6.45, 7) is 2.89. The fraction of sp³-hybridized carbons (Fsp3) is 0.562. The minimum Gasteiger partial charge on any atom is -0.486 e. The number of piperidine rings is 1. The first-order valence-electron chi connectivity index (χ1n) is 7.62. The first kappa shape index (κ1) is 14.2. The van der Waals surface area contributed by atoms with Gasteiger partial charge in [0.1, 0.15) is 13.2 Å². The summed E-state index contributed by atoms with van der Waals surface area (Å²) in [5, 5.41) is 3.47. The van der Waals surface area contributed by atoms with Crippen LogP contribution in [-0.2, 0) is 0 Å². The van der Waals surface area contributed by atoms with Gasteiger partial charge in [0, 0.05) is 25.2 Å². The molecule has 1 unspecified atom stereocenters. The Morgan fingerprint density at radius 2 is 2.10 bits per heavy atom. The number of hydrogen-bond donors (Lipinski definition) is 1. The second-order valence-corrected chi connectivity index (χ2v) is 5.69. The molecule has 3 rings (SSSR count). The predicted molar refractivity (Wildman–Crippen MR) is 80.0 cm³/mol. The lowest BCUT2D eigenvalue weighted by Gasteiger charge is -2.28. The van der Waals surface area contributed by atoms with Gasteiger partial charge in [-0.1, -0.05) is 6.42 Å². The summed E-state index contributed by atoms with van der Waals surface area (Å²) in [6, 6.07) is 5.81. The van der Waals surface area contributed by atoms with Crippen LogP contribution in [0.1, 0.15) is 29.6 Å². The van der Waals surface area contributed by atoms with Crippen LogP contribution in [0.2, 0.25) is 0 Å². The molecule has 1 N–H and O–H groups in total. The lowest BCUT2D eigenvalue weighted by Crippen LogP contribution is -2.44. The van der Waals surface area contributed by atoms with Gasteiger partial charge in [0.2, 0.25) is 0 Å². The molecule has 1 amide bonds. The number of ether oxygens (including phenoxy) is 2. The number of benzene rings is 1. The molecule has 1 aromatic rings. The molecule has 1 saturated heterocycles. The molecule has 0 spiro atoms. The predicted octanol–water partition coefficient (Wildman–Crippen LogP) is 1.67. The van der Waals surface area contributed by atoms with E-state index in [0.29, 0.717) is 30.6 Å². The van der Waals surface area contributed by atoms with Crippen LogP contribution in [-0.4, -0.2) is 50.2 Å². The topological polar surface area (TPSA) is 50.8 Å². The molecule has 0 aliphatic carbocycles. The molecule has 2 aliphatic rings. The molecule has 114 valence electrons. The van der Waals surface area contributed by atoms with Gasteiger partial charge in [0.15, 0.2) is 11.5 Å².